The van der Waals surface area contributed by atoms with Crippen molar-refractivity contribution in [1.29, 1.82) is 0 Å². The molecule has 1 aliphatic rings. The molecule has 1 aliphatic heterocycles. The van der Waals surface area contributed by atoms with Gasteiger partial charge in [-0.05, 0) is 30.4 Å². The van der Waals surface area contributed by atoms with E-state index in [2.05, 4.69) is 11.4 Å². The van der Waals surface area contributed by atoms with Crippen molar-refractivity contribution in [1.82, 2.24) is 10.2 Å². The van der Waals surface area contributed by atoms with Crippen LogP contribution >= 0.6 is 0 Å². The first-order valence-electron chi connectivity index (χ1n) is 8.16. The minimum absolute atomic E-state index is 0.0232. The van der Waals surface area contributed by atoms with Crippen molar-refractivity contribution < 1.29 is 14.7 Å². The average molecular weight is 318 g/mol. The predicted molar refractivity (Wildman–Crippen MR) is 89.0 cm³/mol. The van der Waals surface area contributed by atoms with Gasteiger partial charge in [0.1, 0.15) is 0 Å². The lowest BCUT2D eigenvalue weighted by molar-refractivity contribution is -0.129. The fourth-order valence-corrected chi connectivity index (χ4v) is 3.25. The van der Waals surface area contributed by atoms with E-state index in [1.54, 1.807) is 0 Å². The molecular formula is C18H26N2O3. The second kappa shape index (κ2) is 7.70. The van der Waals surface area contributed by atoms with Crippen LogP contribution in [0.2, 0.25) is 0 Å². The van der Waals surface area contributed by atoms with Crippen molar-refractivity contribution in [3.8, 4) is 0 Å². The molecule has 5 heteroatoms. The van der Waals surface area contributed by atoms with Gasteiger partial charge in [0.2, 0.25) is 5.91 Å². The number of Topliss-reactive ketones (excluding diaryl/α,β-unsaturated/α-hetero) is 1. The van der Waals surface area contributed by atoms with Crippen molar-refractivity contribution in [3.63, 3.8) is 0 Å². The topological polar surface area (TPSA) is 69.6 Å². The van der Waals surface area contributed by atoms with Gasteiger partial charge in [-0.3, -0.25) is 14.5 Å². The lowest BCUT2D eigenvalue weighted by Gasteiger charge is -2.36. The van der Waals surface area contributed by atoms with Gasteiger partial charge in [-0.25, -0.2) is 0 Å². The number of carbonyl (C=O) groups excluding carboxylic acids is 2. The number of hydrogen-bond acceptors (Lipinski definition) is 4. The molecule has 126 valence electrons. The van der Waals surface area contributed by atoms with E-state index in [9.17, 15) is 14.7 Å². The zero-order chi connectivity index (χ0) is 17.0. The molecule has 1 heterocycles. The summed E-state index contributed by atoms with van der Waals surface area (Å²) in [6.45, 7) is 6.22. The Bertz CT molecular complexity index is 571. The SMILES string of the molecule is CC(=O)C(NC(=O)CN1CCc2ccccc2C1CO)C(C)C. The predicted octanol–water partition coefficient (Wildman–Crippen LogP) is 1.31. The summed E-state index contributed by atoms with van der Waals surface area (Å²) in [7, 11) is 0. The smallest absolute Gasteiger partial charge is 0.234 e. The molecule has 0 fully saturated rings. The molecule has 0 spiro atoms. The van der Waals surface area contributed by atoms with E-state index in [1.165, 1.54) is 12.5 Å². The number of benzene rings is 1. The maximum Gasteiger partial charge on any atom is 0.234 e. The Morgan fingerprint density at radius 1 is 1.35 bits per heavy atom. The lowest BCUT2D eigenvalue weighted by Crippen LogP contribution is -2.49. The zero-order valence-electron chi connectivity index (χ0n) is 14.1. The molecule has 1 amide bonds. The first kappa shape index (κ1) is 17.6. The summed E-state index contributed by atoms with van der Waals surface area (Å²) in [6, 6.07) is 7.41. The van der Waals surface area contributed by atoms with E-state index in [1.807, 2.05) is 36.9 Å². The van der Waals surface area contributed by atoms with Gasteiger partial charge in [0.25, 0.3) is 0 Å². The quantitative estimate of drug-likeness (QED) is 0.830. The molecule has 0 aromatic heterocycles. The second-order valence-electron chi connectivity index (χ2n) is 6.52. The summed E-state index contributed by atoms with van der Waals surface area (Å²) >= 11 is 0. The van der Waals surface area contributed by atoms with Crippen molar-refractivity contribution in [3.05, 3.63) is 35.4 Å². The van der Waals surface area contributed by atoms with Gasteiger partial charge in [-0.1, -0.05) is 38.1 Å². The van der Waals surface area contributed by atoms with Gasteiger partial charge in [0.05, 0.1) is 25.2 Å². The number of aliphatic hydroxyl groups excluding tert-OH is 1. The molecule has 0 aliphatic carbocycles. The third-order valence-electron chi connectivity index (χ3n) is 4.46. The van der Waals surface area contributed by atoms with Crippen LogP contribution in [0.3, 0.4) is 0 Å². The average Bonchev–Trinajstić information content (AvgIpc) is 2.51. The highest BCUT2D eigenvalue weighted by Crippen LogP contribution is 2.28. The number of carbonyl (C=O) groups is 2. The van der Waals surface area contributed by atoms with E-state index >= 15 is 0 Å². The monoisotopic (exact) mass is 318 g/mol. The Kier molecular flexibility index (Phi) is 5.91. The minimum atomic E-state index is -0.452. The number of ketones is 1. The Balaban J connectivity index is 2.05. The highest BCUT2D eigenvalue weighted by Gasteiger charge is 2.29. The summed E-state index contributed by atoms with van der Waals surface area (Å²) in [4.78, 5) is 25.9. The van der Waals surface area contributed by atoms with E-state index in [0.717, 1.165) is 18.5 Å². The van der Waals surface area contributed by atoms with Gasteiger partial charge in [0, 0.05) is 6.54 Å². The molecule has 2 unspecified atom stereocenters. The number of nitrogens with one attached hydrogen (secondary N) is 1. The fraction of sp³-hybridized carbons (Fsp3) is 0.556. The highest BCUT2D eigenvalue weighted by atomic mass is 16.3. The van der Waals surface area contributed by atoms with E-state index in [-0.39, 0.29) is 36.8 Å². The largest absolute Gasteiger partial charge is 0.394 e. The summed E-state index contributed by atoms with van der Waals surface area (Å²) in [5.41, 5.74) is 2.31. The molecule has 2 atom stereocenters. The van der Waals surface area contributed by atoms with Crippen LogP contribution < -0.4 is 5.32 Å². The number of rotatable bonds is 6. The minimum Gasteiger partial charge on any atom is -0.394 e. The molecule has 1 aromatic rings. The second-order valence-corrected chi connectivity index (χ2v) is 6.52. The number of nitrogens with zero attached hydrogens (tertiary/aromatic N) is 1. The summed E-state index contributed by atoms with van der Waals surface area (Å²) in [6.07, 6.45) is 0.861. The number of hydrogen-bond donors (Lipinski definition) is 2. The lowest BCUT2D eigenvalue weighted by atomic mass is 9.93. The molecule has 23 heavy (non-hydrogen) atoms. The standard InChI is InChI=1S/C18H26N2O3/c1-12(2)18(13(3)22)19-17(23)10-20-9-8-14-6-4-5-7-15(14)16(20)11-21/h4-7,12,16,18,21H,8-11H2,1-3H3,(H,19,23). The van der Waals surface area contributed by atoms with Crippen LogP contribution in [0.4, 0.5) is 0 Å². The van der Waals surface area contributed by atoms with Crippen LogP contribution in [-0.2, 0) is 16.0 Å². The molecule has 2 N–H and O–H groups in total. The molecular weight excluding hydrogens is 292 g/mol. The van der Waals surface area contributed by atoms with Crippen LogP contribution in [0.5, 0.6) is 0 Å². The van der Waals surface area contributed by atoms with E-state index < -0.39 is 6.04 Å². The molecule has 0 saturated heterocycles. The van der Waals surface area contributed by atoms with Crippen LogP contribution in [-0.4, -0.2) is 47.4 Å². The van der Waals surface area contributed by atoms with Gasteiger partial charge in [0.15, 0.2) is 5.78 Å². The molecule has 2 rings (SSSR count). The first-order chi connectivity index (χ1) is 10.9. The van der Waals surface area contributed by atoms with Crippen LogP contribution in [0.15, 0.2) is 24.3 Å². The van der Waals surface area contributed by atoms with Crippen LogP contribution in [0.1, 0.15) is 37.9 Å². The summed E-state index contributed by atoms with van der Waals surface area (Å²) in [5.74, 6) is -0.139. The van der Waals surface area contributed by atoms with Gasteiger partial charge in [-0.15, -0.1) is 0 Å². The zero-order valence-corrected chi connectivity index (χ0v) is 14.1. The normalized spacial score (nSPS) is 19.3. The van der Waals surface area contributed by atoms with Crippen molar-refractivity contribution in [2.24, 2.45) is 5.92 Å². The van der Waals surface area contributed by atoms with Crippen LogP contribution in [0, 0.1) is 5.92 Å². The van der Waals surface area contributed by atoms with Crippen molar-refractivity contribution in [2.45, 2.75) is 39.3 Å². The Labute approximate surface area is 137 Å². The fourth-order valence-electron chi connectivity index (χ4n) is 3.25. The number of amides is 1. The highest BCUT2D eigenvalue weighted by molar-refractivity contribution is 5.88. The van der Waals surface area contributed by atoms with Gasteiger partial charge >= 0.3 is 0 Å². The van der Waals surface area contributed by atoms with Crippen molar-refractivity contribution in [2.75, 3.05) is 19.7 Å². The third-order valence-corrected chi connectivity index (χ3v) is 4.46. The Morgan fingerprint density at radius 2 is 2.04 bits per heavy atom. The Hall–Kier alpha value is -1.72. The van der Waals surface area contributed by atoms with Crippen LogP contribution in [0.25, 0.3) is 0 Å². The van der Waals surface area contributed by atoms with E-state index in [0.29, 0.717) is 0 Å². The molecule has 0 saturated carbocycles. The number of aliphatic hydroxyl groups is 1. The van der Waals surface area contributed by atoms with Crippen molar-refractivity contribution >= 4 is 11.7 Å². The maximum atomic E-state index is 12.3. The van der Waals surface area contributed by atoms with Gasteiger partial charge < -0.3 is 10.4 Å². The first-order valence-corrected chi connectivity index (χ1v) is 8.16. The molecule has 5 nitrogen and oxygen atoms in total. The maximum absolute atomic E-state index is 12.3. The molecule has 0 radical (unpaired) electrons. The van der Waals surface area contributed by atoms with Gasteiger partial charge in [-0.2, -0.15) is 0 Å². The Morgan fingerprint density at radius 3 is 2.65 bits per heavy atom. The van der Waals surface area contributed by atoms with E-state index in [4.69, 9.17) is 0 Å². The summed E-state index contributed by atoms with van der Waals surface area (Å²) in [5, 5.41) is 12.6. The number of fused-ring (bicyclic) bond motifs is 1. The third kappa shape index (κ3) is 4.18. The molecule has 0 bridgehead atoms. The molecule has 1 aromatic carbocycles. The summed E-state index contributed by atoms with van der Waals surface area (Å²) < 4.78 is 0.